The Labute approximate surface area is 133 Å². The maximum Gasteiger partial charge on any atom is 0.216 e. The Bertz CT molecular complexity index is 707. The first-order valence-electron chi connectivity index (χ1n) is 7.86. The molecule has 0 aliphatic carbocycles. The summed E-state index contributed by atoms with van der Waals surface area (Å²) >= 11 is 0. The zero-order chi connectivity index (χ0) is 16.4. The number of anilines is 1. The van der Waals surface area contributed by atoms with Crippen LogP contribution in [0.2, 0.25) is 0 Å². The number of halogens is 1. The molecular weight excluding hydrogens is 299 g/mol. The molecule has 0 bridgehead atoms. The summed E-state index contributed by atoms with van der Waals surface area (Å²) in [5, 5.41) is 2.58. The minimum Gasteiger partial charge on any atom is -0.354 e. The fourth-order valence-corrected chi connectivity index (χ4v) is 2.91. The molecule has 1 aliphatic heterocycles. The SMILES string of the molecule is CCn1cnc2c(N3CCC(F)(CNC(C)=O)CC3)ncnc21. The lowest BCUT2D eigenvalue weighted by Gasteiger charge is -2.36. The summed E-state index contributed by atoms with van der Waals surface area (Å²) in [6.07, 6.45) is 3.99. The molecule has 1 N–H and O–H groups in total. The predicted molar refractivity (Wildman–Crippen MR) is 85.0 cm³/mol. The van der Waals surface area contributed by atoms with Crippen molar-refractivity contribution in [1.82, 2.24) is 24.8 Å². The van der Waals surface area contributed by atoms with Gasteiger partial charge >= 0.3 is 0 Å². The van der Waals surface area contributed by atoms with Crippen LogP contribution in [0.1, 0.15) is 26.7 Å². The van der Waals surface area contributed by atoms with E-state index in [1.807, 2.05) is 16.4 Å². The fraction of sp³-hybridized carbons (Fsp3) is 0.600. The lowest BCUT2D eigenvalue weighted by molar-refractivity contribution is -0.119. The highest BCUT2D eigenvalue weighted by atomic mass is 19.1. The van der Waals surface area contributed by atoms with Crippen LogP contribution in [0.4, 0.5) is 10.2 Å². The summed E-state index contributed by atoms with van der Waals surface area (Å²) in [4.78, 5) is 26.1. The van der Waals surface area contributed by atoms with Crippen molar-refractivity contribution in [3.05, 3.63) is 12.7 Å². The Kier molecular flexibility index (Phi) is 4.14. The van der Waals surface area contributed by atoms with Gasteiger partial charge in [-0.05, 0) is 6.92 Å². The summed E-state index contributed by atoms with van der Waals surface area (Å²) in [6.45, 7) is 5.38. The number of nitrogens with zero attached hydrogens (tertiary/aromatic N) is 5. The maximum absolute atomic E-state index is 14.7. The number of imidazole rings is 1. The van der Waals surface area contributed by atoms with E-state index in [0.717, 1.165) is 23.5 Å². The van der Waals surface area contributed by atoms with Gasteiger partial charge in [0.2, 0.25) is 5.91 Å². The summed E-state index contributed by atoms with van der Waals surface area (Å²) in [6, 6.07) is 0. The first-order chi connectivity index (χ1) is 11.0. The Balaban J connectivity index is 1.75. The zero-order valence-electron chi connectivity index (χ0n) is 13.4. The van der Waals surface area contributed by atoms with Crippen molar-refractivity contribution >= 4 is 22.9 Å². The molecule has 8 heteroatoms. The molecule has 0 radical (unpaired) electrons. The quantitative estimate of drug-likeness (QED) is 0.919. The van der Waals surface area contributed by atoms with Gasteiger partial charge in [-0.1, -0.05) is 0 Å². The molecular formula is C15H21FN6O. The molecule has 0 saturated carbocycles. The monoisotopic (exact) mass is 320 g/mol. The van der Waals surface area contributed by atoms with Crippen LogP contribution in [0.15, 0.2) is 12.7 Å². The normalized spacial score (nSPS) is 17.4. The van der Waals surface area contributed by atoms with Gasteiger partial charge in [0.15, 0.2) is 17.0 Å². The van der Waals surface area contributed by atoms with Crippen molar-refractivity contribution in [1.29, 1.82) is 0 Å². The van der Waals surface area contributed by atoms with Crippen LogP contribution in [-0.4, -0.2) is 50.7 Å². The Morgan fingerprint density at radius 3 is 2.74 bits per heavy atom. The van der Waals surface area contributed by atoms with E-state index in [4.69, 9.17) is 0 Å². The van der Waals surface area contributed by atoms with Gasteiger partial charge in [-0.25, -0.2) is 19.3 Å². The molecule has 2 aromatic rings. The average Bonchev–Trinajstić information content (AvgIpc) is 2.97. The van der Waals surface area contributed by atoms with Crippen molar-refractivity contribution in [2.45, 2.75) is 38.9 Å². The second kappa shape index (κ2) is 6.10. The maximum atomic E-state index is 14.7. The number of rotatable bonds is 4. The Morgan fingerprint density at radius 2 is 2.09 bits per heavy atom. The number of amides is 1. The average molecular weight is 320 g/mol. The van der Waals surface area contributed by atoms with Crippen LogP contribution in [0.5, 0.6) is 0 Å². The number of alkyl halides is 1. The molecule has 1 saturated heterocycles. The number of nitrogens with one attached hydrogen (secondary N) is 1. The van der Waals surface area contributed by atoms with Crippen molar-refractivity contribution in [3.8, 4) is 0 Å². The summed E-state index contributed by atoms with van der Waals surface area (Å²) in [5.41, 5.74) is 0.201. The highest BCUT2D eigenvalue weighted by molar-refractivity contribution is 5.83. The Morgan fingerprint density at radius 1 is 1.35 bits per heavy atom. The molecule has 2 aromatic heterocycles. The van der Waals surface area contributed by atoms with Crippen LogP contribution in [0.3, 0.4) is 0 Å². The number of carbonyl (C=O) groups excluding carboxylic acids is 1. The summed E-state index contributed by atoms with van der Waals surface area (Å²) in [5.74, 6) is 0.552. The van der Waals surface area contributed by atoms with E-state index in [1.54, 1.807) is 6.33 Å². The minimum absolute atomic E-state index is 0.0693. The molecule has 23 heavy (non-hydrogen) atoms. The van der Waals surface area contributed by atoms with Gasteiger partial charge in [0.25, 0.3) is 0 Å². The van der Waals surface area contributed by atoms with Crippen molar-refractivity contribution < 1.29 is 9.18 Å². The standard InChI is InChI=1S/C15H21FN6O/c1-3-21-10-20-12-13(21)18-9-19-14(12)22-6-4-15(16,5-7-22)8-17-11(2)23/h9-10H,3-8H2,1-2H3,(H,17,23). The second-order valence-corrected chi connectivity index (χ2v) is 5.95. The van der Waals surface area contributed by atoms with Gasteiger partial charge in [0.05, 0.1) is 12.9 Å². The van der Waals surface area contributed by atoms with E-state index >= 15 is 0 Å². The number of aryl methyl sites for hydroxylation is 1. The number of carbonyl (C=O) groups is 1. The summed E-state index contributed by atoms with van der Waals surface area (Å²) < 4.78 is 16.7. The minimum atomic E-state index is -1.35. The van der Waals surface area contributed by atoms with E-state index in [-0.39, 0.29) is 12.5 Å². The van der Waals surface area contributed by atoms with Gasteiger partial charge in [-0.15, -0.1) is 0 Å². The lowest BCUT2D eigenvalue weighted by atomic mass is 9.93. The third-order valence-electron chi connectivity index (χ3n) is 4.34. The van der Waals surface area contributed by atoms with Crippen LogP contribution in [0, 0.1) is 0 Å². The zero-order valence-corrected chi connectivity index (χ0v) is 13.4. The van der Waals surface area contributed by atoms with Crippen molar-refractivity contribution in [2.75, 3.05) is 24.5 Å². The Hall–Kier alpha value is -2.25. The lowest BCUT2D eigenvalue weighted by Crippen LogP contribution is -2.48. The fourth-order valence-electron chi connectivity index (χ4n) is 2.91. The van der Waals surface area contributed by atoms with Gasteiger partial charge in [-0.3, -0.25) is 4.79 Å². The van der Waals surface area contributed by atoms with Crippen LogP contribution in [0.25, 0.3) is 11.2 Å². The van der Waals surface area contributed by atoms with Crippen LogP contribution >= 0.6 is 0 Å². The van der Waals surface area contributed by atoms with E-state index < -0.39 is 5.67 Å². The smallest absolute Gasteiger partial charge is 0.216 e. The number of aromatic nitrogens is 4. The van der Waals surface area contributed by atoms with E-state index in [1.165, 1.54) is 13.3 Å². The van der Waals surface area contributed by atoms with Crippen molar-refractivity contribution in [3.63, 3.8) is 0 Å². The van der Waals surface area contributed by atoms with Crippen LogP contribution < -0.4 is 10.2 Å². The second-order valence-electron chi connectivity index (χ2n) is 5.95. The number of piperidine rings is 1. The molecule has 1 amide bonds. The number of hydrogen-bond acceptors (Lipinski definition) is 5. The van der Waals surface area contributed by atoms with E-state index in [2.05, 4.69) is 20.3 Å². The molecule has 0 aromatic carbocycles. The van der Waals surface area contributed by atoms with Crippen LogP contribution in [-0.2, 0) is 11.3 Å². The molecule has 3 heterocycles. The van der Waals surface area contributed by atoms with E-state index in [0.29, 0.717) is 25.9 Å². The molecule has 0 unspecified atom stereocenters. The third kappa shape index (κ3) is 3.11. The molecule has 124 valence electrons. The number of fused-ring (bicyclic) bond motifs is 1. The third-order valence-corrected chi connectivity index (χ3v) is 4.34. The first-order valence-corrected chi connectivity index (χ1v) is 7.86. The largest absolute Gasteiger partial charge is 0.354 e. The molecule has 7 nitrogen and oxygen atoms in total. The highest BCUT2D eigenvalue weighted by Gasteiger charge is 2.35. The molecule has 3 rings (SSSR count). The molecule has 0 atom stereocenters. The van der Waals surface area contributed by atoms with Gasteiger partial charge in [0.1, 0.15) is 12.0 Å². The van der Waals surface area contributed by atoms with E-state index in [9.17, 15) is 9.18 Å². The topological polar surface area (TPSA) is 75.9 Å². The van der Waals surface area contributed by atoms with Crippen molar-refractivity contribution in [2.24, 2.45) is 0 Å². The van der Waals surface area contributed by atoms with Gasteiger partial charge < -0.3 is 14.8 Å². The summed E-state index contributed by atoms with van der Waals surface area (Å²) in [7, 11) is 0. The molecule has 0 spiro atoms. The predicted octanol–water partition coefficient (Wildman–Crippen LogP) is 1.29. The number of hydrogen-bond donors (Lipinski definition) is 1. The highest BCUT2D eigenvalue weighted by Crippen LogP contribution is 2.30. The van der Waals surface area contributed by atoms with Gasteiger partial charge in [-0.2, -0.15) is 0 Å². The van der Waals surface area contributed by atoms with Gasteiger partial charge in [0, 0.05) is 39.4 Å². The molecule has 1 aliphatic rings. The molecule has 1 fully saturated rings. The first kappa shape index (κ1) is 15.6.